The average Bonchev–Trinajstić information content (AvgIpc) is 2.35. The molecule has 0 spiro atoms. The van der Waals surface area contributed by atoms with E-state index in [9.17, 15) is 5.11 Å². The van der Waals surface area contributed by atoms with Crippen LogP contribution in [0.5, 0.6) is 0 Å². The zero-order valence-electron chi connectivity index (χ0n) is 11.8. The molecule has 5 heteroatoms. The van der Waals surface area contributed by atoms with Gasteiger partial charge in [0.25, 0.3) is 0 Å². The molecular formula is C14H19BN2O2. The normalized spacial score (nSPS) is 12.7. The molecule has 0 aliphatic heterocycles. The molecule has 1 N–H and O–H groups in total. The smallest absolute Gasteiger partial charge is 0.309 e. The Hall–Kier alpha value is -1.46. The van der Waals surface area contributed by atoms with Crippen molar-refractivity contribution in [3.05, 3.63) is 30.7 Å². The van der Waals surface area contributed by atoms with E-state index >= 15 is 0 Å². The van der Waals surface area contributed by atoms with E-state index in [2.05, 4.69) is 9.97 Å². The maximum absolute atomic E-state index is 10.1. The van der Waals surface area contributed by atoms with E-state index < -0.39 is 11.2 Å². The molecule has 2 aromatic rings. The Morgan fingerprint density at radius 1 is 1.21 bits per heavy atom. The van der Waals surface area contributed by atoms with E-state index in [1.54, 1.807) is 20.0 Å². The fraction of sp³-hybridized carbons (Fsp3) is 0.429. The Morgan fingerprint density at radius 3 is 2.63 bits per heavy atom. The topological polar surface area (TPSA) is 55.2 Å². The molecule has 0 unspecified atom stereocenters. The van der Waals surface area contributed by atoms with Crippen molar-refractivity contribution in [2.45, 2.75) is 38.9 Å². The summed E-state index contributed by atoms with van der Waals surface area (Å²) in [5.74, 6) is 0. The largest absolute Gasteiger partial charge is 0.427 e. The highest BCUT2D eigenvalue weighted by molar-refractivity contribution is 6.47. The maximum atomic E-state index is 10.1. The lowest BCUT2D eigenvalue weighted by molar-refractivity contribution is -0.0893. The lowest BCUT2D eigenvalue weighted by atomic mass is 9.82. The summed E-state index contributed by atoms with van der Waals surface area (Å²) in [5, 5.41) is 11.0. The summed E-state index contributed by atoms with van der Waals surface area (Å²) in [4.78, 5) is 8.19. The van der Waals surface area contributed by atoms with Crippen LogP contribution in [0.4, 0.5) is 0 Å². The molecule has 0 saturated heterocycles. The maximum Gasteiger partial charge on any atom is 0.309 e. The lowest BCUT2D eigenvalue weighted by Gasteiger charge is -2.37. The van der Waals surface area contributed by atoms with Crippen molar-refractivity contribution < 1.29 is 9.76 Å². The van der Waals surface area contributed by atoms with Crippen LogP contribution >= 0.6 is 0 Å². The van der Waals surface area contributed by atoms with E-state index in [1.807, 2.05) is 32.0 Å². The summed E-state index contributed by atoms with van der Waals surface area (Å²) in [7, 11) is 0.446. The molecule has 1 aromatic carbocycles. The minimum atomic E-state index is -0.896. The Balaban J connectivity index is 2.14. The number of rotatable bonds is 4. The summed E-state index contributed by atoms with van der Waals surface area (Å²) in [6, 6.07) is 5.94. The van der Waals surface area contributed by atoms with Gasteiger partial charge >= 0.3 is 7.48 Å². The number of benzene rings is 1. The summed E-state index contributed by atoms with van der Waals surface area (Å²) < 4.78 is 5.84. The standard InChI is InChI=1S/C14H19BN2O2/c1-13(2,18)14(3,4)19-15-11-5-6-12-10(7-11)8-16-9-17-12/h5-9,15,18H,1-4H3. The molecule has 2 rings (SSSR count). The van der Waals surface area contributed by atoms with E-state index in [1.165, 1.54) is 6.33 Å². The molecule has 0 aliphatic carbocycles. The third-order valence-corrected chi connectivity index (χ3v) is 3.64. The first kappa shape index (κ1) is 14.0. The number of aromatic nitrogens is 2. The van der Waals surface area contributed by atoms with Crippen molar-refractivity contribution in [3.63, 3.8) is 0 Å². The molecule has 19 heavy (non-hydrogen) atoms. The van der Waals surface area contributed by atoms with Crippen molar-refractivity contribution in [2.24, 2.45) is 0 Å². The predicted molar refractivity (Wildman–Crippen MR) is 77.8 cm³/mol. The second kappa shape index (κ2) is 4.91. The fourth-order valence-electron chi connectivity index (χ4n) is 1.56. The Kier molecular flexibility index (Phi) is 3.61. The highest BCUT2D eigenvalue weighted by Crippen LogP contribution is 2.24. The first-order chi connectivity index (χ1) is 8.79. The first-order valence-electron chi connectivity index (χ1n) is 6.34. The van der Waals surface area contributed by atoms with E-state index in [0.29, 0.717) is 7.48 Å². The second-order valence-electron chi connectivity index (χ2n) is 5.77. The monoisotopic (exact) mass is 258 g/mol. The summed E-state index contributed by atoms with van der Waals surface area (Å²) in [6.45, 7) is 7.27. The molecule has 0 radical (unpaired) electrons. The van der Waals surface area contributed by atoms with E-state index in [-0.39, 0.29) is 0 Å². The van der Waals surface area contributed by atoms with Gasteiger partial charge in [-0.3, -0.25) is 0 Å². The molecule has 1 heterocycles. The van der Waals surface area contributed by atoms with Gasteiger partial charge in [0.1, 0.15) is 6.33 Å². The molecule has 4 nitrogen and oxygen atoms in total. The van der Waals surface area contributed by atoms with Crippen LogP contribution in [0.3, 0.4) is 0 Å². The van der Waals surface area contributed by atoms with Gasteiger partial charge in [-0.2, -0.15) is 0 Å². The molecule has 100 valence electrons. The molecule has 0 aliphatic rings. The van der Waals surface area contributed by atoms with Crippen molar-refractivity contribution in [2.75, 3.05) is 0 Å². The van der Waals surface area contributed by atoms with Gasteiger partial charge in [0.2, 0.25) is 0 Å². The molecular weight excluding hydrogens is 239 g/mol. The average molecular weight is 258 g/mol. The van der Waals surface area contributed by atoms with Gasteiger partial charge in [-0.15, -0.1) is 0 Å². The Bertz CT molecular complexity index is 579. The molecule has 0 bridgehead atoms. The lowest BCUT2D eigenvalue weighted by Crippen LogP contribution is -2.49. The van der Waals surface area contributed by atoms with Crippen LogP contribution < -0.4 is 5.46 Å². The number of nitrogens with zero attached hydrogens (tertiary/aromatic N) is 2. The second-order valence-corrected chi connectivity index (χ2v) is 5.77. The summed E-state index contributed by atoms with van der Waals surface area (Å²) in [6.07, 6.45) is 3.32. The van der Waals surface area contributed by atoms with E-state index in [0.717, 1.165) is 16.4 Å². The molecule has 0 atom stereocenters. The van der Waals surface area contributed by atoms with Crippen molar-refractivity contribution >= 4 is 23.8 Å². The number of fused-ring (bicyclic) bond motifs is 1. The third-order valence-electron chi connectivity index (χ3n) is 3.64. The number of hydrogen-bond acceptors (Lipinski definition) is 4. The number of hydrogen-bond donors (Lipinski definition) is 1. The van der Waals surface area contributed by atoms with Crippen molar-refractivity contribution in [1.82, 2.24) is 9.97 Å². The minimum Gasteiger partial charge on any atom is -0.427 e. The van der Waals surface area contributed by atoms with E-state index in [4.69, 9.17) is 4.65 Å². The minimum absolute atomic E-state index is 0.446. The van der Waals surface area contributed by atoms with Crippen molar-refractivity contribution in [3.8, 4) is 0 Å². The Morgan fingerprint density at radius 2 is 1.95 bits per heavy atom. The van der Waals surface area contributed by atoms with Gasteiger partial charge in [-0.1, -0.05) is 17.6 Å². The summed E-state index contributed by atoms with van der Waals surface area (Å²) >= 11 is 0. The molecule has 0 saturated carbocycles. The van der Waals surface area contributed by atoms with Gasteiger partial charge in [0.15, 0.2) is 0 Å². The zero-order valence-corrected chi connectivity index (χ0v) is 11.8. The van der Waals surface area contributed by atoms with Crippen LogP contribution in [0, 0.1) is 0 Å². The van der Waals surface area contributed by atoms with Gasteiger partial charge in [-0.05, 0) is 33.8 Å². The molecule has 1 aromatic heterocycles. The Labute approximate surface area is 114 Å². The molecule has 0 fully saturated rings. The van der Waals surface area contributed by atoms with Crippen LogP contribution in [-0.2, 0) is 4.65 Å². The fourth-order valence-corrected chi connectivity index (χ4v) is 1.56. The first-order valence-corrected chi connectivity index (χ1v) is 6.34. The van der Waals surface area contributed by atoms with Gasteiger partial charge in [-0.25, -0.2) is 9.97 Å². The molecule has 0 amide bonds. The number of aliphatic hydroxyl groups is 1. The van der Waals surface area contributed by atoms with Gasteiger partial charge in [0, 0.05) is 11.6 Å². The zero-order chi connectivity index (χ0) is 14.1. The third kappa shape index (κ3) is 3.11. The summed E-state index contributed by atoms with van der Waals surface area (Å²) in [5.41, 5.74) is 0.447. The van der Waals surface area contributed by atoms with Crippen LogP contribution in [-0.4, -0.2) is 33.8 Å². The van der Waals surface area contributed by atoms with Crippen LogP contribution in [0.2, 0.25) is 0 Å². The van der Waals surface area contributed by atoms with Gasteiger partial charge < -0.3 is 9.76 Å². The van der Waals surface area contributed by atoms with Crippen LogP contribution in [0.15, 0.2) is 30.7 Å². The van der Waals surface area contributed by atoms with Crippen LogP contribution in [0.1, 0.15) is 27.7 Å². The predicted octanol–water partition coefficient (Wildman–Crippen LogP) is 1.17. The quantitative estimate of drug-likeness (QED) is 0.836. The van der Waals surface area contributed by atoms with Crippen molar-refractivity contribution in [1.29, 1.82) is 0 Å². The van der Waals surface area contributed by atoms with Crippen LogP contribution in [0.25, 0.3) is 10.9 Å². The van der Waals surface area contributed by atoms with Gasteiger partial charge in [0.05, 0.1) is 16.7 Å². The highest BCUT2D eigenvalue weighted by Gasteiger charge is 2.35. The highest BCUT2D eigenvalue weighted by atomic mass is 16.5. The SMILES string of the molecule is CC(C)(O)C(C)(C)OBc1ccc2ncncc2c1.